The molecule has 0 atom stereocenters. The van der Waals surface area contributed by atoms with Gasteiger partial charge in [0, 0.05) is 6.54 Å². The fourth-order valence-corrected chi connectivity index (χ4v) is 1.90. The molecule has 1 aromatic carbocycles. The number of aliphatic hydroxyl groups excluding tert-OH is 1. The molecule has 0 aromatic heterocycles. The Hall–Kier alpha value is -2.10. The van der Waals surface area contributed by atoms with Crippen molar-refractivity contribution >= 4 is 11.7 Å². The second kappa shape index (κ2) is 4.41. The van der Waals surface area contributed by atoms with Crippen LogP contribution in [0.5, 0.6) is 0 Å². The maximum atomic E-state index is 11.8. The van der Waals surface area contributed by atoms with Gasteiger partial charge in [-0.25, -0.2) is 0 Å². The van der Waals surface area contributed by atoms with Crippen LogP contribution >= 0.6 is 0 Å². The summed E-state index contributed by atoms with van der Waals surface area (Å²) in [5.74, 6) is -0.902. The Kier molecular flexibility index (Phi) is 2.95. The largest absolute Gasteiger partial charge is 0.509 e. The molecule has 1 heterocycles. The standard InChI is InChI=1S/C13H13NO3/c1-9(15)12-11(16)8-14(13(12)17)7-10-5-3-2-4-6-10/h2-6,16H,7-8H2,1H3. The quantitative estimate of drug-likeness (QED) is 0.800. The van der Waals surface area contributed by atoms with Crippen molar-refractivity contribution in [2.24, 2.45) is 0 Å². The van der Waals surface area contributed by atoms with Gasteiger partial charge in [0.15, 0.2) is 5.78 Å². The molecule has 0 unspecified atom stereocenters. The fourth-order valence-electron chi connectivity index (χ4n) is 1.90. The fraction of sp³-hybridized carbons (Fsp3) is 0.231. The average Bonchev–Trinajstić information content (AvgIpc) is 2.55. The molecule has 1 amide bonds. The number of benzene rings is 1. The summed E-state index contributed by atoms with van der Waals surface area (Å²) in [7, 11) is 0. The molecule has 4 nitrogen and oxygen atoms in total. The van der Waals surface area contributed by atoms with Crippen LogP contribution in [-0.4, -0.2) is 28.2 Å². The molecule has 1 aliphatic rings. The van der Waals surface area contributed by atoms with Crippen LogP contribution in [0.25, 0.3) is 0 Å². The van der Waals surface area contributed by atoms with Gasteiger partial charge in [-0.1, -0.05) is 30.3 Å². The molecule has 0 fully saturated rings. The van der Waals surface area contributed by atoms with Crippen molar-refractivity contribution in [1.29, 1.82) is 0 Å². The Bertz CT molecular complexity index is 491. The molecular formula is C13H13NO3. The number of ketones is 1. The normalized spacial score (nSPS) is 15.6. The van der Waals surface area contributed by atoms with Crippen molar-refractivity contribution in [2.75, 3.05) is 6.54 Å². The third kappa shape index (κ3) is 2.20. The number of hydrogen-bond donors (Lipinski definition) is 1. The van der Waals surface area contributed by atoms with Gasteiger partial charge in [-0.2, -0.15) is 0 Å². The van der Waals surface area contributed by atoms with Gasteiger partial charge >= 0.3 is 0 Å². The van der Waals surface area contributed by atoms with Crippen molar-refractivity contribution in [1.82, 2.24) is 4.90 Å². The lowest BCUT2D eigenvalue weighted by Crippen LogP contribution is -2.27. The Labute approximate surface area is 99.2 Å². The van der Waals surface area contributed by atoms with Gasteiger partial charge in [-0.3, -0.25) is 9.59 Å². The zero-order valence-corrected chi connectivity index (χ0v) is 9.51. The van der Waals surface area contributed by atoms with Crippen molar-refractivity contribution < 1.29 is 14.7 Å². The lowest BCUT2D eigenvalue weighted by molar-refractivity contribution is -0.128. The number of aliphatic hydroxyl groups is 1. The van der Waals surface area contributed by atoms with Crippen LogP contribution in [-0.2, 0) is 16.1 Å². The van der Waals surface area contributed by atoms with E-state index in [1.165, 1.54) is 11.8 Å². The summed E-state index contributed by atoms with van der Waals surface area (Å²) in [5, 5.41) is 9.57. The summed E-state index contributed by atoms with van der Waals surface area (Å²) in [6, 6.07) is 9.46. The average molecular weight is 231 g/mol. The van der Waals surface area contributed by atoms with E-state index in [1.54, 1.807) is 0 Å². The van der Waals surface area contributed by atoms with Crippen LogP contribution in [0.1, 0.15) is 12.5 Å². The van der Waals surface area contributed by atoms with Crippen molar-refractivity contribution in [2.45, 2.75) is 13.5 Å². The number of Topliss-reactive ketones (excluding diaryl/α,β-unsaturated/α-hetero) is 1. The molecular weight excluding hydrogens is 218 g/mol. The highest BCUT2D eigenvalue weighted by atomic mass is 16.3. The molecule has 88 valence electrons. The lowest BCUT2D eigenvalue weighted by atomic mass is 10.2. The zero-order chi connectivity index (χ0) is 12.4. The van der Waals surface area contributed by atoms with Crippen molar-refractivity contribution in [3.05, 3.63) is 47.2 Å². The van der Waals surface area contributed by atoms with Crippen LogP contribution in [0.2, 0.25) is 0 Å². The van der Waals surface area contributed by atoms with Crippen LogP contribution in [0.4, 0.5) is 0 Å². The SMILES string of the molecule is CC(=O)C1=C(O)CN(Cc2ccccc2)C1=O. The number of nitrogens with zero attached hydrogens (tertiary/aromatic N) is 1. The molecule has 0 spiro atoms. The molecule has 0 saturated carbocycles. The number of carbonyl (C=O) groups excluding carboxylic acids is 2. The van der Waals surface area contributed by atoms with E-state index in [9.17, 15) is 14.7 Å². The molecule has 0 saturated heterocycles. The summed E-state index contributed by atoms with van der Waals surface area (Å²) < 4.78 is 0. The van der Waals surface area contributed by atoms with Crippen LogP contribution < -0.4 is 0 Å². The summed E-state index contributed by atoms with van der Waals surface area (Å²) in [6.45, 7) is 1.80. The molecule has 1 aromatic rings. The predicted molar refractivity (Wildman–Crippen MR) is 62.2 cm³/mol. The second-order valence-corrected chi connectivity index (χ2v) is 4.02. The van der Waals surface area contributed by atoms with Crippen LogP contribution in [0.3, 0.4) is 0 Å². The summed E-state index contributed by atoms with van der Waals surface area (Å²) in [6.07, 6.45) is 0. The van der Waals surface area contributed by atoms with Gasteiger partial charge in [-0.05, 0) is 12.5 Å². The van der Waals surface area contributed by atoms with E-state index in [0.29, 0.717) is 6.54 Å². The van der Waals surface area contributed by atoms with Crippen molar-refractivity contribution in [3.8, 4) is 0 Å². The molecule has 0 bridgehead atoms. The first kappa shape index (κ1) is 11.4. The van der Waals surface area contributed by atoms with Gasteiger partial charge in [0.25, 0.3) is 5.91 Å². The maximum Gasteiger partial charge on any atom is 0.261 e. The minimum Gasteiger partial charge on any atom is -0.509 e. The van der Waals surface area contributed by atoms with E-state index in [0.717, 1.165) is 5.56 Å². The van der Waals surface area contributed by atoms with Crippen LogP contribution in [0, 0.1) is 0 Å². The number of carbonyl (C=O) groups is 2. The smallest absolute Gasteiger partial charge is 0.261 e. The van der Waals surface area contributed by atoms with Gasteiger partial charge in [0.1, 0.15) is 11.3 Å². The third-order valence-corrected chi connectivity index (χ3v) is 2.70. The molecule has 1 N–H and O–H groups in total. The monoisotopic (exact) mass is 231 g/mol. The predicted octanol–water partition coefficient (Wildman–Crippen LogP) is 1.43. The molecule has 2 rings (SSSR count). The first-order chi connectivity index (χ1) is 8.09. The van der Waals surface area contributed by atoms with Crippen molar-refractivity contribution in [3.63, 3.8) is 0 Å². The number of amides is 1. The van der Waals surface area contributed by atoms with E-state index in [-0.39, 0.29) is 29.6 Å². The summed E-state index contributed by atoms with van der Waals surface area (Å²) >= 11 is 0. The minimum absolute atomic E-state index is 0.0825. The zero-order valence-electron chi connectivity index (χ0n) is 9.51. The molecule has 1 aliphatic heterocycles. The Morgan fingerprint density at radius 3 is 2.53 bits per heavy atom. The van der Waals surface area contributed by atoms with Gasteiger partial charge in [0.05, 0.1) is 6.54 Å². The first-order valence-electron chi connectivity index (χ1n) is 5.36. The van der Waals surface area contributed by atoms with E-state index >= 15 is 0 Å². The topological polar surface area (TPSA) is 57.6 Å². The van der Waals surface area contributed by atoms with Crippen LogP contribution in [0.15, 0.2) is 41.7 Å². The second-order valence-electron chi connectivity index (χ2n) is 4.02. The highest BCUT2D eigenvalue weighted by Crippen LogP contribution is 2.20. The summed E-state index contributed by atoms with van der Waals surface area (Å²) in [5.41, 5.74) is 0.888. The Balaban J connectivity index is 2.14. The molecule has 17 heavy (non-hydrogen) atoms. The minimum atomic E-state index is -0.390. The first-order valence-corrected chi connectivity index (χ1v) is 5.36. The number of hydrogen-bond acceptors (Lipinski definition) is 3. The highest BCUT2D eigenvalue weighted by Gasteiger charge is 2.32. The van der Waals surface area contributed by atoms with E-state index < -0.39 is 0 Å². The Morgan fingerprint density at radius 1 is 1.35 bits per heavy atom. The van der Waals surface area contributed by atoms with E-state index in [2.05, 4.69) is 0 Å². The van der Waals surface area contributed by atoms with E-state index in [1.807, 2.05) is 30.3 Å². The maximum absolute atomic E-state index is 11.8. The van der Waals surface area contributed by atoms with E-state index in [4.69, 9.17) is 0 Å². The summed E-state index contributed by atoms with van der Waals surface area (Å²) in [4.78, 5) is 24.5. The molecule has 0 radical (unpaired) electrons. The Morgan fingerprint density at radius 2 is 2.00 bits per heavy atom. The van der Waals surface area contributed by atoms with Gasteiger partial charge < -0.3 is 10.0 Å². The third-order valence-electron chi connectivity index (χ3n) is 2.70. The number of rotatable bonds is 3. The highest BCUT2D eigenvalue weighted by molar-refractivity contribution is 6.20. The molecule has 0 aliphatic carbocycles. The van der Waals surface area contributed by atoms with Gasteiger partial charge in [-0.15, -0.1) is 0 Å². The molecule has 4 heteroatoms. The van der Waals surface area contributed by atoms with Gasteiger partial charge in [0.2, 0.25) is 0 Å². The lowest BCUT2D eigenvalue weighted by Gasteiger charge is -2.15.